The summed E-state index contributed by atoms with van der Waals surface area (Å²) in [7, 11) is 0. The van der Waals surface area contributed by atoms with Crippen LogP contribution in [0.25, 0.3) is 22.5 Å². The first-order chi connectivity index (χ1) is 13.7. The van der Waals surface area contributed by atoms with Gasteiger partial charge in [0, 0.05) is 31.5 Å². The van der Waals surface area contributed by atoms with Gasteiger partial charge in [0.2, 0.25) is 5.91 Å². The number of benzene rings is 1. The minimum Gasteiger partial charge on any atom is -0.475 e. The number of H-pyrrole nitrogens is 1. The van der Waals surface area contributed by atoms with E-state index in [9.17, 15) is 18.0 Å². The minimum atomic E-state index is -5.08. The standard InChI is InChI=1S/C15H15N5O2.C2HF3O2/c21-14-2-1-6-20(14)7-5-13-18-15(22-19-13)10-3-4-11-12(8-10)17-9-16-11;3-2(4,5)1(6)7/h3-4,8-9H,1-2,5-7H2,(H,16,17);(H,6,7). The third-order valence-corrected chi connectivity index (χ3v) is 4.15. The summed E-state index contributed by atoms with van der Waals surface area (Å²) in [6.07, 6.45) is -1.22. The number of hydrogen-bond donors (Lipinski definition) is 2. The number of alkyl halides is 3. The zero-order chi connectivity index (χ0) is 21.0. The van der Waals surface area contributed by atoms with Gasteiger partial charge in [-0.2, -0.15) is 18.2 Å². The van der Waals surface area contributed by atoms with Crippen LogP contribution in [0.3, 0.4) is 0 Å². The number of carboxylic acid groups (broad SMARTS) is 1. The molecule has 0 atom stereocenters. The molecule has 9 nitrogen and oxygen atoms in total. The van der Waals surface area contributed by atoms with E-state index >= 15 is 0 Å². The largest absolute Gasteiger partial charge is 0.490 e. The number of nitrogens with zero attached hydrogens (tertiary/aromatic N) is 4. The lowest BCUT2D eigenvalue weighted by molar-refractivity contribution is -0.192. The Morgan fingerprint density at radius 2 is 2.10 bits per heavy atom. The van der Waals surface area contributed by atoms with Crippen LogP contribution < -0.4 is 0 Å². The van der Waals surface area contributed by atoms with Crippen molar-refractivity contribution < 1.29 is 32.4 Å². The SMILES string of the molecule is O=C(O)C(F)(F)F.O=C1CCCN1CCc1noc(-c2ccc3nc[nH]c3c2)n1. The second-order valence-electron chi connectivity index (χ2n) is 6.19. The van der Waals surface area contributed by atoms with E-state index < -0.39 is 12.1 Å². The predicted octanol–water partition coefficient (Wildman–Crippen LogP) is 2.41. The molecule has 1 fully saturated rings. The Kier molecular flexibility index (Phi) is 5.80. The van der Waals surface area contributed by atoms with Crippen molar-refractivity contribution in [3.05, 3.63) is 30.4 Å². The average Bonchev–Trinajstić information content (AvgIpc) is 3.40. The highest BCUT2D eigenvalue weighted by Crippen LogP contribution is 2.21. The minimum absolute atomic E-state index is 0.216. The van der Waals surface area contributed by atoms with Crippen LogP contribution in [0.2, 0.25) is 0 Å². The van der Waals surface area contributed by atoms with Crippen molar-refractivity contribution in [1.29, 1.82) is 0 Å². The van der Waals surface area contributed by atoms with Crippen molar-refractivity contribution >= 4 is 22.9 Å². The molecule has 1 aliphatic heterocycles. The summed E-state index contributed by atoms with van der Waals surface area (Å²) in [6, 6.07) is 5.75. The number of fused-ring (bicyclic) bond motifs is 1. The zero-order valence-corrected chi connectivity index (χ0v) is 14.9. The lowest BCUT2D eigenvalue weighted by Gasteiger charge is -2.13. The lowest BCUT2D eigenvalue weighted by Crippen LogP contribution is -2.27. The summed E-state index contributed by atoms with van der Waals surface area (Å²) in [5, 5.41) is 11.1. The third-order valence-electron chi connectivity index (χ3n) is 4.15. The fraction of sp³-hybridized carbons (Fsp3) is 0.353. The van der Waals surface area contributed by atoms with Crippen LogP contribution in [-0.4, -0.2) is 61.3 Å². The van der Waals surface area contributed by atoms with Gasteiger partial charge in [0.25, 0.3) is 5.89 Å². The number of carbonyl (C=O) groups excluding carboxylic acids is 1. The second-order valence-corrected chi connectivity index (χ2v) is 6.19. The number of hydrogen-bond acceptors (Lipinski definition) is 6. The third kappa shape index (κ3) is 5.09. The molecule has 154 valence electrons. The fourth-order valence-corrected chi connectivity index (χ4v) is 2.72. The topological polar surface area (TPSA) is 125 Å². The van der Waals surface area contributed by atoms with E-state index in [0.29, 0.717) is 31.1 Å². The summed E-state index contributed by atoms with van der Waals surface area (Å²) in [5.74, 6) is -1.43. The summed E-state index contributed by atoms with van der Waals surface area (Å²) in [6.45, 7) is 1.48. The number of aliphatic carboxylic acids is 1. The van der Waals surface area contributed by atoms with Gasteiger partial charge >= 0.3 is 12.1 Å². The predicted molar refractivity (Wildman–Crippen MR) is 92.6 cm³/mol. The van der Waals surface area contributed by atoms with E-state index in [-0.39, 0.29) is 5.91 Å². The van der Waals surface area contributed by atoms with Crippen molar-refractivity contribution in [1.82, 2.24) is 25.0 Å². The molecule has 0 unspecified atom stereocenters. The summed E-state index contributed by atoms with van der Waals surface area (Å²) < 4.78 is 37.1. The Balaban J connectivity index is 0.000000298. The zero-order valence-electron chi connectivity index (χ0n) is 14.9. The molecule has 1 amide bonds. The number of amides is 1. The monoisotopic (exact) mass is 411 g/mol. The molecule has 0 bridgehead atoms. The van der Waals surface area contributed by atoms with Crippen LogP contribution >= 0.6 is 0 Å². The highest BCUT2D eigenvalue weighted by molar-refractivity contribution is 5.79. The van der Waals surface area contributed by atoms with Gasteiger partial charge in [0.05, 0.1) is 17.4 Å². The molecule has 2 N–H and O–H groups in total. The van der Waals surface area contributed by atoms with Gasteiger partial charge in [-0.15, -0.1) is 0 Å². The van der Waals surface area contributed by atoms with Crippen LogP contribution in [0, 0.1) is 0 Å². The molecule has 1 aliphatic rings. The Morgan fingerprint density at radius 1 is 1.34 bits per heavy atom. The number of imidazole rings is 1. The molecule has 3 heterocycles. The Hall–Kier alpha value is -3.44. The number of likely N-dealkylation sites (tertiary alicyclic amines) is 1. The van der Waals surface area contributed by atoms with Crippen LogP contribution in [0.4, 0.5) is 13.2 Å². The molecule has 29 heavy (non-hydrogen) atoms. The maximum absolute atomic E-state index is 11.6. The first-order valence-electron chi connectivity index (χ1n) is 8.58. The average molecular weight is 411 g/mol. The molecule has 1 saturated heterocycles. The molecular weight excluding hydrogens is 395 g/mol. The molecular formula is C17H16F3N5O4. The second kappa shape index (κ2) is 8.29. The number of halogens is 3. The summed E-state index contributed by atoms with van der Waals surface area (Å²) in [5.41, 5.74) is 2.68. The Labute approximate surface area is 161 Å². The first-order valence-corrected chi connectivity index (χ1v) is 8.58. The van der Waals surface area contributed by atoms with Gasteiger partial charge in [0.1, 0.15) is 0 Å². The van der Waals surface area contributed by atoms with E-state index in [1.165, 1.54) is 0 Å². The number of aromatic amines is 1. The van der Waals surface area contributed by atoms with E-state index in [1.54, 1.807) is 6.33 Å². The number of rotatable bonds is 4. The van der Waals surface area contributed by atoms with Gasteiger partial charge in [0.15, 0.2) is 5.82 Å². The maximum Gasteiger partial charge on any atom is 0.490 e. The van der Waals surface area contributed by atoms with E-state index in [0.717, 1.165) is 29.6 Å². The lowest BCUT2D eigenvalue weighted by atomic mass is 10.2. The molecule has 4 rings (SSSR count). The highest BCUT2D eigenvalue weighted by atomic mass is 19.4. The molecule has 0 radical (unpaired) electrons. The summed E-state index contributed by atoms with van der Waals surface area (Å²) in [4.78, 5) is 34.0. The van der Waals surface area contributed by atoms with Crippen LogP contribution in [0.5, 0.6) is 0 Å². The molecule has 0 aliphatic carbocycles. The molecule has 2 aromatic heterocycles. The van der Waals surface area contributed by atoms with E-state index in [1.807, 2.05) is 23.1 Å². The van der Waals surface area contributed by atoms with Crippen molar-refractivity contribution in [2.24, 2.45) is 0 Å². The van der Waals surface area contributed by atoms with Crippen LogP contribution in [0.1, 0.15) is 18.7 Å². The molecule has 3 aromatic rings. The number of nitrogens with one attached hydrogen (secondary N) is 1. The quantitative estimate of drug-likeness (QED) is 0.675. The van der Waals surface area contributed by atoms with Crippen molar-refractivity contribution in [2.45, 2.75) is 25.4 Å². The first kappa shape index (κ1) is 20.3. The van der Waals surface area contributed by atoms with Crippen LogP contribution in [0.15, 0.2) is 29.0 Å². The van der Waals surface area contributed by atoms with Crippen molar-refractivity contribution in [3.8, 4) is 11.5 Å². The molecule has 12 heteroatoms. The fourth-order valence-electron chi connectivity index (χ4n) is 2.72. The molecule has 0 saturated carbocycles. The smallest absolute Gasteiger partial charge is 0.475 e. The van der Waals surface area contributed by atoms with Gasteiger partial charge in [-0.25, -0.2) is 9.78 Å². The Bertz CT molecular complexity index is 1010. The number of carboxylic acids is 1. The normalized spacial score (nSPS) is 14.2. The molecule has 1 aromatic carbocycles. The van der Waals surface area contributed by atoms with Crippen LogP contribution in [-0.2, 0) is 16.0 Å². The molecule has 0 spiro atoms. The summed E-state index contributed by atoms with van der Waals surface area (Å²) >= 11 is 0. The van der Waals surface area contributed by atoms with Gasteiger partial charge < -0.3 is 19.5 Å². The van der Waals surface area contributed by atoms with Gasteiger partial charge in [-0.3, -0.25) is 4.79 Å². The Morgan fingerprint density at radius 3 is 2.76 bits per heavy atom. The van der Waals surface area contributed by atoms with Crippen molar-refractivity contribution in [2.75, 3.05) is 13.1 Å². The maximum atomic E-state index is 11.6. The van der Waals surface area contributed by atoms with E-state index in [4.69, 9.17) is 14.4 Å². The number of carbonyl (C=O) groups is 2. The number of aromatic nitrogens is 4. The van der Waals surface area contributed by atoms with Gasteiger partial charge in [-0.1, -0.05) is 5.16 Å². The highest BCUT2D eigenvalue weighted by Gasteiger charge is 2.38. The van der Waals surface area contributed by atoms with Gasteiger partial charge in [-0.05, 0) is 24.6 Å². The van der Waals surface area contributed by atoms with Crippen molar-refractivity contribution in [3.63, 3.8) is 0 Å². The van der Waals surface area contributed by atoms with E-state index in [2.05, 4.69) is 20.1 Å².